The van der Waals surface area contributed by atoms with E-state index in [0.29, 0.717) is 22.8 Å². The highest BCUT2D eigenvalue weighted by molar-refractivity contribution is 5.95. The van der Waals surface area contributed by atoms with E-state index in [1.807, 2.05) is 0 Å². The van der Waals surface area contributed by atoms with Crippen LogP contribution in [0, 0.1) is 0 Å². The van der Waals surface area contributed by atoms with Crippen molar-refractivity contribution in [3.8, 4) is 17.2 Å². The second-order valence-corrected chi connectivity index (χ2v) is 5.58. The first-order valence-corrected chi connectivity index (χ1v) is 7.80. The fourth-order valence-electron chi connectivity index (χ4n) is 2.90. The number of amides is 1. The van der Waals surface area contributed by atoms with Gasteiger partial charge in [-0.3, -0.25) is 4.79 Å². The zero-order chi connectivity index (χ0) is 15.9. The van der Waals surface area contributed by atoms with Crippen LogP contribution in [0.15, 0.2) is 12.1 Å². The molecule has 2 rings (SSSR count). The van der Waals surface area contributed by atoms with Crippen LogP contribution in [0.2, 0.25) is 0 Å². The number of carbonyl (C=O) groups is 1. The molecule has 0 unspecified atom stereocenters. The van der Waals surface area contributed by atoms with Crippen molar-refractivity contribution in [1.82, 2.24) is 5.32 Å². The molecular formula is C17H25NO4. The van der Waals surface area contributed by atoms with Gasteiger partial charge in [-0.05, 0) is 25.0 Å². The van der Waals surface area contributed by atoms with E-state index in [1.165, 1.54) is 25.7 Å². The van der Waals surface area contributed by atoms with Gasteiger partial charge < -0.3 is 19.5 Å². The second-order valence-electron chi connectivity index (χ2n) is 5.58. The summed E-state index contributed by atoms with van der Waals surface area (Å²) in [6.45, 7) is 0. The Hall–Kier alpha value is -1.91. The average molecular weight is 307 g/mol. The minimum atomic E-state index is -0.0915. The van der Waals surface area contributed by atoms with E-state index < -0.39 is 0 Å². The number of methoxy groups -OCH3 is 3. The quantitative estimate of drug-likeness (QED) is 0.849. The molecule has 1 N–H and O–H groups in total. The largest absolute Gasteiger partial charge is 0.493 e. The Morgan fingerprint density at radius 2 is 1.50 bits per heavy atom. The second kappa shape index (κ2) is 7.92. The topological polar surface area (TPSA) is 56.8 Å². The lowest BCUT2D eigenvalue weighted by atomic mass is 10.1. The van der Waals surface area contributed by atoms with Crippen molar-refractivity contribution in [2.45, 2.75) is 44.6 Å². The Balaban J connectivity index is 2.17. The number of nitrogens with one attached hydrogen (secondary N) is 1. The molecule has 1 aliphatic rings. The summed E-state index contributed by atoms with van der Waals surface area (Å²) in [5.74, 6) is 1.39. The van der Waals surface area contributed by atoms with Crippen LogP contribution in [0.5, 0.6) is 17.2 Å². The van der Waals surface area contributed by atoms with Crippen LogP contribution < -0.4 is 19.5 Å². The van der Waals surface area contributed by atoms with Crippen LogP contribution >= 0.6 is 0 Å². The van der Waals surface area contributed by atoms with Crippen molar-refractivity contribution in [2.24, 2.45) is 0 Å². The van der Waals surface area contributed by atoms with E-state index in [-0.39, 0.29) is 11.9 Å². The maximum absolute atomic E-state index is 12.5. The normalized spacial score (nSPS) is 15.8. The Morgan fingerprint density at radius 1 is 0.955 bits per heavy atom. The molecule has 1 aromatic rings. The molecule has 5 heteroatoms. The van der Waals surface area contributed by atoms with Crippen LogP contribution in [-0.2, 0) is 0 Å². The van der Waals surface area contributed by atoms with Crippen LogP contribution in [0.3, 0.4) is 0 Å². The first-order valence-electron chi connectivity index (χ1n) is 7.80. The van der Waals surface area contributed by atoms with E-state index in [9.17, 15) is 4.79 Å². The summed E-state index contributed by atoms with van der Waals surface area (Å²) in [4.78, 5) is 12.5. The molecule has 0 heterocycles. The number of hydrogen-bond acceptors (Lipinski definition) is 4. The van der Waals surface area contributed by atoms with Crippen LogP contribution in [-0.4, -0.2) is 33.3 Å². The Kier molecular flexibility index (Phi) is 5.92. The van der Waals surface area contributed by atoms with Crippen molar-refractivity contribution in [1.29, 1.82) is 0 Å². The van der Waals surface area contributed by atoms with Crippen molar-refractivity contribution >= 4 is 5.91 Å². The Bertz CT molecular complexity index is 482. The monoisotopic (exact) mass is 307 g/mol. The molecule has 1 aromatic carbocycles. The lowest BCUT2D eigenvalue weighted by molar-refractivity contribution is 0.0932. The molecule has 0 bridgehead atoms. The summed E-state index contributed by atoms with van der Waals surface area (Å²) < 4.78 is 15.9. The molecular weight excluding hydrogens is 282 g/mol. The van der Waals surface area contributed by atoms with Crippen LogP contribution in [0.1, 0.15) is 48.9 Å². The molecule has 22 heavy (non-hydrogen) atoms. The maximum Gasteiger partial charge on any atom is 0.251 e. The van der Waals surface area contributed by atoms with Gasteiger partial charge in [0.25, 0.3) is 5.91 Å². The minimum absolute atomic E-state index is 0.0915. The number of carbonyl (C=O) groups excluding carboxylic acids is 1. The summed E-state index contributed by atoms with van der Waals surface area (Å²) >= 11 is 0. The van der Waals surface area contributed by atoms with E-state index in [2.05, 4.69) is 5.32 Å². The molecule has 1 amide bonds. The zero-order valence-electron chi connectivity index (χ0n) is 13.6. The van der Waals surface area contributed by atoms with E-state index >= 15 is 0 Å². The van der Waals surface area contributed by atoms with Crippen molar-refractivity contribution in [2.75, 3.05) is 21.3 Å². The van der Waals surface area contributed by atoms with Gasteiger partial charge in [0.1, 0.15) is 0 Å². The lowest BCUT2D eigenvalue weighted by Crippen LogP contribution is -2.34. The maximum atomic E-state index is 12.5. The molecule has 1 aliphatic carbocycles. The smallest absolute Gasteiger partial charge is 0.251 e. The number of rotatable bonds is 5. The molecule has 0 aliphatic heterocycles. The third-order valence-electron chi connectivity index (χ3n) is 4.12. The molecule has 0 aromatic heterocycles. The Labute approximate surface area is 131 Å². The summed E-state index contributed by atoms with van der Waals surface area (Å²) in [6, 6.07) is 3.63. The molecule has 5 nitrogen and oxygen atoms in total. The van der Waals surface area contributed by atoms with Gasteiger partial charge in [-0.15, -0.1) is 0 Å². The van der Waals surface area contributed by atoms with Crippen molar-refractivity contribution in [3.63, 3.8) is 0 Å². The summed E-state index contributed by atoms with van der Waals surface area (Å²) in [7, 11) is 4.64. The third-order valence-corrected chi connectivity index (χ3v) is 4.12. The molecule has 0 saturated heterocycles. The predicted molar refractivity (Wildman–Crippen MR) is 85.1 cm³/mol. The van der Waals surface area contributed by atoms with Gasteiger partial charge in [0, 0.05) is 11.6 Å². The van der Waals surface area contributed by atoms with Gasteiger partial charge in [0.2, 0.25) is 5.75 Å². The lowest BCUT2D eigenvalue weighted by Gasteiger charge is -2.18. The minimum Gasteiger partial charge on any atom is -0.493 e. The Morgan fingerprint density at radius 3 is 1.95 bits per heavy atom. The highest BCUT2D eigenvalue weighted by Crippen LogP contribution is 2.38. The first-order chi connectivity index (χ1) is 10.7. The molecule has 1 fully saturated rings. The van der Waals surface area contributed by atoms with Crippen molar-refractivity contribution in [3.05, 3.63) is 17.7 Å². The van der Waals surface area contributed by atoms with E-state index in [0.717, 1.165) is 12.8 Å². The summed E-state index contributed by atoms with van der Waals surface area (Å²) in [5, 5.41) is 3.12. The highest BCUT2D eigenvalue weighted by Gasteiger charge is 2.20. The van der Waals surface area contributed by atoms with Crippen molar-refractivity contribution < 1.29 is 19.0 Å². The predicted octanol–water partition coefficient (Wildman–Crippen LogP) is 3.17. The van der Waals surface area contributed by atoms with Gasteiger partial charge in [-0.2, -0.15) is 0 Å². The van der Waals surface area contributed by atoms with Gasteiger partial charge >= 0.3 is 0 Å². The van der Waals surface area contributed by atoms with Gasteiger partial charge in [0.15, 0.2) is 11.5 Å². The zero-order valence-corrected chi connectivity index (χ0v) is 13.6. The summed E-state index contributed by atoms with van der Waals surface area (Å²) in [5.41, 5.74) is 0.527. The third kappa shape index (κ3) is 3.84. The van der Waals surface area contributed by atoms with E-state index in [1.54, 1.807) is 33.5 Å². The molecule has 0 spiro atoms. The van der Waals surface area contributed by atoms with Crippen LogP contribution in [0.4, 0.5) is 0 Å². The van der Waals surface area contributed by atoms with Gasteiger partial charge in [-0.25, -0.2) is 0 Å². The number of benzene rings is 1. The molecule has 0 radical (unpaired) electrons. The van der Waals surface area contributed by atoms with Crippen LogP contribution in [0.25, 0.3) is 0 Å². The molecule has 122 valence electrons. The summed E-state index contributed by atoms with van der Waals surface area (Å²) in [6.07, 6.45) is 6.99. The van der Waals surface area contributed by atoms with Gasteiger partial charge in [-0.1, -0.05) is 25.7 Å². The van der Waals surface area contributed by atoms with Gasteiger partial charge in [0.05, 0.1) is 21.3 Å². The molecule has 1 saturated carbocycles. The van der Waals surface area contributed by atoms with E-state index in [4.69, 9.17) is 14.2 Å². The fraction of sp³-hybridized carbons (Fsp3) is 0.588. The molecule has 0 atom stereocenters. The first kappa shape index (κ1) is 16.5. The SMILES string of the molecule is COc1cc(C(=O)NC2CCCCCC2)cc(OC)c1OC. The highest BCUT2D eigenvalue weighted by atomic mass is 16.5. The standard InChI is InChI=1S/C17H25NO4/c1-20-14-10-12(11-15(21-2)16(14)22-3)17(19)18-13-8-6-4-5-7-9-13/h10-11,13H,4-9H2,1-3H3,(H,18,19). The number of hydrogen-bond donors (Lipinski definition) is 1. The average Bonchev–Trinajstić information content (AvgIpc) is 2.81. The fourth-order valence-corrected chi connectivity index (χ4v) is 2.90. The number of ether oxygens (including phenoxy) is 3.